The first-order valence-corrected chi connectivity index (χ1v) is 7.42. The molecule has 21 heavy (non-hydrogen) atoms. The Bertz CT molecular complexity index is 766. The Kier molecular flexibility index (Phi) is 4.11. The van der Waals surface area contributed by atoms with Crippen LogP contribution in [0.25, 0.3) is 10.9 Å². The number of halogens is 2. The molecule has 2 nitrogen and oxygen atoms in total. The van der Waals surface area contributed by atoms with E-state index in [9.17, 15) is 0 Å². The number of fused-ring (bicyclic) bond motifs is 1. The van der Waals surface area contributed by atoms with Crippen molar-refractivity contribution >= 4 is 34.1 Å². The molecule has 3 aromatic rings. The third kappa shape index (κ3) is 2.75. The van der Waals surface area contributed by atoms with Crippen molar-refractivity contribution in [3.63, 3.8) is 0 Å². The molecular weight excluding hydrogens is 303 g/mol. The lowest BCUT2D eigenvalue weighted by atomic mass is 9.97. The van der Waals surface area contributed by atoms with E-state index in [1.54, 1.807) is 6.20 Å². The lowest BCUT2D eigenvalue weighted by molar-refractivity contribution is 0.693. The van der Waals surface area contributed by atoms with Crippen LogP contribution in [0.5, 0.6) is 0 Å². The van der Waals surface area contributed by atoms with Gasteiger partial charge in [-0.25, -0.2) is 0 Å². The zero-order valence-corrected chi connectivity index (χ0v) is 13.0. The molecule has 1 atom stereocenters. The summed E-state index contributed by atoms with van der Waals surface area (Å²) in [5.74, 6) is 0. The highest BCUT2D eigenvalue weighted by molar-refractivity contribution is 6.36. The monoisotopic (exact) mass is 316 g/mol. The molecule has 0 amide bonds. The van der Waals surface area contributed by atoms with Crippen molar-refractivity contribution in [2.75, 3.05) is 7.05 Å². The van der Waals surface area contributed by atoms with Crippen LogP contribution in [-0.2, 0) is 0 Å². The molecule has 1 unspecified atom stereocenters. The van der Waals surface area contributed by atoms with Gasteiger partial charge in [-0.15, -0.1) is 0 Å². The minimum Gasteiger partial charge on any atom is -0.309 e. The van der Waals surface area contributed by atoms with Crippen molar-refractivity contribution in [1.29, 1.82) is 0 Å². The molecule has 0 fully saturated rings. The summed E-state index contributed by atoms with van der Waals surface area (Å²) in [4.78, 5) is 4.34. The molecule has 1 heterocycles. The Morgan fingerprint density at radius 3 is 2.48 bits per heavy atom. The molecule has 0 spiro atoms. The third-order valence-electron chi connectivity index (χ3n) is 3.54. The van der Waals surface area contributed by atoms with Crippen LogP contribution < -0.4 is 5.32 Å². The highest BCUT2D eigenvalue weighted by Crippen LogP contribution is 2.34. The highest BCUT2D eigenvalue weighted by Gasteiger charge is 2.18. The number of nitrogens with one attached hydrogen (secondary N) is 1. The van der Waals surface area contributed by atoms with Crippen LogP contribution in [0.15, 0.2) is 54.7 Å². The normalized spacial score (nSPS) is 12.5. The molecule has 0 aliphatic carbocycles. The summed E-state index contributed by atoms with van der Waals surface area (Å²) in [7, 11) is 1.90. The van der Waals surface area contributed by atoms with Crippen LogP contribution in [0.2, 0.25) is 10.0 Å². The first-order valence-electron chi connectivity index (χ1n) is 6.66. The van der Waals surface area contributed by atoms with E-state index < -0.39 is 0 Å². The van der Waals surface area contributed by atoms with Crippen LogP contribution >= 0.6 is 23.2 Å². The lowest BCUT2D eigenvalue weighted by Gasteiger charge is -2.20. The molecule has 0 aliphatic heterocycles. The molecule has 0 saturated carbocycles. The summed E-state index contributed by atoms with van der Waals surface area (Å²) < 4.78 is 0. The molecule has 106 valence electrons. The summed E-state index contributed by atoms with van der Waals surface area (Å²) in [6.45, 7) is 0. The van der Waals surface area contributed by atoms with Crippen LogP contribution in [0, 0.1) is 0 Å². The Morgan fingerprint density at radius 1 is 1.00 bits per heavy atom. The fourth-order valence-electron chi connectivity index (χ4n) is 2.54. The fourth-order valence-corrected chi connectivity index (χ4v) is 3.15. The molecule has 0 radical (unpaired) electrons. The van der Waals surface area contributed by atoms with Gasteiger partial charge in [0.2, 0.25) is 0 Å². The minimum absolute atomic E-state index is 0.0594. The van der Waals surface area contributed by atoms with E-state index in [0.29, 0.717) is 10.0 Å². The van der Waals surface area contributed by atoms with Crippen LogP contribution in [0.4, 0.5) is 0 Å². The fraction of sp³-hybridized carbons (Fsp3) is 0.118. The maximum atomic E-state index is 6.33. The SMILES string of the molecule is CNC(c1ccc2ncccc2c1)c1c(Cl)cccc1Cl. The number of pyridine rings is 1. The summed E-state index contributed by atoms with van der Waals surface area (Å²) in [5.41, 5.74) is 2.97. The predicted octanol–water partition coefficient (Wildman–Crippen LogP) is 4.85. The largest absolute Gasteiger partial charge is 0.309 e. The summed E-state index contributed by atoms with van der Waals surface area (Å²) in [5, 5.41) is 5.71. The Balaban J connectivity index is 2.14. The smallest absolute Gasteiger partial charge is 0.0702 e. The number of hydrogen-bond donors (Lipinski definition) is 1. The van der Waals surface area contributed by atoms with Crippen molar-refractivity contribution in [2.45, 2.75) is 6.04 Å². The van der Waals surface area contributed by atoms with Gasteiger partial charge in [0.15, 0.2) is 0 Å². The molecule has 2 aromatic carbocycles. The van der Waals surface area contributed by atoms with Gasteiger partial charge in [0.05, 0.1) is 11.6 Å². The molecular formula is C17H14Cl2N2. The van der Waals surface area contributed by atoms with E-state index in [-0.39, 0.29) is 6.04 Å². The molecule has 1 N–H and O–H groups in total. The highest BCUT2D eigenvalue weighted by atomic mass is 35.5. The van der Waals surface area contributed by atoms with Crippen molar-refractivity contribution in [3.05, 3.63) is 75.9 Å². The number of hydrogen-bond acceptors (Lipinski definition) is 2. The Hall–Kier alpha value is -1.61. The van der Waals surface area contributed by atoms with Gasteiger partial charge < -0.3 is 5.32 Å². The standard InChI is InChI=1S/C17H14Cl2N2/c1-20-17(16-13(18)5-2-6-14(16)19)12-7-8-15-11(10-12)4-3-9-21-15/h2-10,17,20H,1H3. The second-order valence-electron chi connectivity index (χ2n) is 4.81. The summed E-state index contributed by atoms with van der Waals surface area (Å²) >= 11 is 12.7. The maximum absolute atomic E-state index is 6.33. The first kappa shape index (κ1) is 14.3. The Labute approximate surface area is 133 Å². The summed E-state index contributed by atoms with van der Waals surface area (Å²) in [6.07, 6.45) is 1.79. The van der Waals surface area contributed by atoms with Gasteiger partial charge in [-0.3, -0.25) is 4.98 Å². The third-order valence-corrected chi connectivity index (χ3v) is 4.20. The van der Waals surface area contributed by atoms with E-state index in [1.807, 2.05) is 43.4 Å². The van der Waals surface area contributed by atoms with E-state index >= 15 is 0 Å². The van der Waals surface area contributed by atoms with Crippen molar-refractivity contribution in [1.82, 2.24) is 10.3 Å². The van der Waals surface area contributed by atoms with Gasteiger partial charge >= 0.3 is 0 Å². The van der Waals surface area contributed by atoms with Crippen molar-refractivity contribution in [2.24, 2.45) is 0 Å². The van der Waals surface area contributed by atoms with Crippen molar-refractivity contribution < 1.29 is 0 Å². The molecule has 4 heteroatoms. The van der Waals surface area contributed by atoms with Gasteiger partial charge in [-0.2, -0.15) is 0 Å². The van der Waals surface area contributed by atoms with E-state index in [2.05, 4.69) is 22.4 Å². The minimum atomic E-state index is -0.0594. The number of nitrogens with zero attached hydrogens (tertiary/aromatic N) is 1. The summed E-state index contributed by atoms with van der Waals surface area (Å²) in [6, 6.07) is 15.7. The number of rotatable bonds is 3. The van der Waals surface area contributed by atoms with Crippen LogP contribution in [0.1, 0.15) is 17.2 Å². The zero-order valence-electron chi connectivity index (χ0n) is 11.5. The predicted molar refractivity (Wildman–Crippen MR) is 89.1 cm³/mol. The van der Waals surface area contributed by atoms with Crippen molar-refractivity contribution in [3.8, 4) is 0 Å². The molecule has 0 saturated heterocycles. The van der Waals surface area contributed by atoms with Gasteiger partial charge in [0.1, 0.15) is 0 Å². The van der Waals surface area contributed by atoms with E-state index in [1.165, 1.54) is 0 Å². The molecule has 0 aliphatic rings. The number of aromatic nitrogens is 1. The molecule has 0 bridgehead atoms. The number of benzene rings is 2. The second kappa shape index (κ2) is 6.02. The maximum Gasteiger partial charge on any atom is 0.0702 e. The topological polar surface area (TPSA) is 24.9 Å². The first-order chi connectivity index (χ1) is 10.2. The van der Waals surface area contributed by atoms with Crippen LogP contribution in [0.3, 0.4) is 0 Å². The zero-order chi connectivity index (χ0) is 14.8. The van der Waals surface area contributed by atoms with Gasteiger partial charge in [-0.1, -0.05) is 41.4 Å². The second-order valence-corrected chi connectivity index (χ2v) is 5.63. The molecule has 1 aromatic heterocycles. The van der Waals surface area contributed by atoms with Crippen LogP contribution in [-0.4, -0.2) is 12.0 Å². The van der Waals surface area contributed by atoms with Gasteiger partial charge in [-0.05, 0) is 42.9 Å². The Morgan fingerprint density at radius 2 is 1.76 bits per heavy atom. The molecule has 3 rings (SSSR count). The lowest BCUT2D eigenvalue weighted by Crippen LogP contribution is -2.18. The van der Waals surface area contributed by atoms with E-state index in [0.717, 1.165) is 22.0 Å². The van der Waals surface area contributed by atoms with E-state index in [4.69, 9.17) is 23.2 Å². The average molecular weight is 317 g/mol. The average Bonchev–Trinajstić information content (AvgIpc) is 2.50. The van der Waals surface area contributed by atoms with Gasteiger partial charge in [0.25, 0.3) is 0 Å². The quantitative estimate of drug-likeness (QED) is 0.747. The van der Waals surface area contributed by atoms with Gasteiger partial charge in [0, 0.05) is 27.2 Å².